The Kier molecular flexibility index (Phi) is 3.97. The maximum atomic E-state index is 8.84. The number of nitriles is 1. The number of pyridine rings is 1. The van der Waals surface area contributed by atoms with E-state index in [0.717, 1.165) is 35.4 Å². The molecule has 0 bridgehead atoms. The van der Waals surface area contributed by atoms with Crippen molar-refractivity contribution < 1.29 is 4.74 Å². The molecule has 0 aromatic carbocycles. The second kappa shape index (κ2) is 5.48. The van der Waals surface area contributed by atoms with Gasteiger partial charge >= 0.3 is 0 Å². The van der Waals surface area contributed by atoms with Gasteiger partial charge in [0.25, 0.3) is 0 Å². The molecule has 5 heteroatoms. The molecule has 4 nitrogen and oxygen atoms in total. The first-order chi connectivity index (χ1) is 8.24. The number of aromatic nitrogens is 1. The highest BCUT2D eigenvalue weighted by Crippen LogP contribution is 2.25. The highest BCUT2D eigenvalue weighted by atomic mass is 79.9. The molecule has 2 rings (SSSR count). The summed E-state index contributed by atoms with van der Waals surface area (Å²) in [5, 5.41) is 8.84. The normalized spacial score (nSPS) is 19.4. The first-order valence-corrected chi connectivity index (χ1v) is 6.33. The third-order valence-electron chi connectivity index (χ3n) is 2.96. The van der Waals surface area contributed by atoms with E-state index >= 15 is 0 Å². The molecular formula is C12H14BrN3O. The summed E-state index contributed by atoms with van der Waals surface area (Å²) in [6, 6.07) is 4.15. The van der Waals surface area contributed by atoms with E-state index in [2.05, 4.69) is 31.9 Å². The van der Waals surface area contributed by atoms with Crippen molar-refractivity contribution in [1.29, 1.82) is 5.26 Å². The summed E-state index contributed by atoms with van der Waals surface area (Å²) in [6.07, 6.45) is 3.45. The van der Waals surface area contributed by atoms with Crippen molar-refractivity contribution >= 4 is 21.7 Å². The lowest BCUT2D eigenvalue weighted by atomic mass is 10.2. The fraction of sp³-hybridized carbons (Fsp3) is 0.500. The Balaban J connectivity index is 2.23. The highest BCUT2D eigenvalue weighted by Gasteiger charge is 2.24. The van der Waals surface area contributed by atoms with Crippen LogP contribution in [0.4, 0.5) is 5.82 Å². The average molecular weight is 296 g/mol. The van der Waals surface area contributed by atoms with Gasteiger partial charge < -0.3 is 9.64 Å². The fourth-order valence-corrected chi connectivity index (χ4v) is 2.47. The van der Waals surface area contributed by atoms with Crippen LogP contribution in [0.15, 0.2) is 16.7 Å². The molecule has 1 saturated heterocycles. The van der Waals surface area contributed by atoms with Crippen molar-refractivity contribution in [3.05, 3.63) is 22.3 Å². The summed E-state index contributed by atoms with van der Waals surface area (Å²) in [5.41, 5.74) is 0.971. The van der Waals surface area contributed by atoms with Crippen LogP contribution in [0.2, 0.25) is 0 Å². The van der Waals surface area contributed by atoms with E-state index in [1.54, 1.807) is 13.3 Å². The summed E-state index contributed by atoms with van der Waals surface area (Å²) in [4.78, 5) is 6.61. The summed E-state index contributed by atoms with van der Waals surface area (Å²) in [6.45, 7) is 1.79. The van der Waals surface area contributed by atoms with Crippen LogP contribution < -0.4 is 4.90 Å². The van der Waals surface area contributed by atoms with Crippen LogP contribution in [0.5, 0.6) is 0 Å². The van der Waals surface area contributed by atoms with E-state index < -0.39 is 0 Å². The first-order valence-electron chi connectivity index (χ1n) is 5.53. The minimum Gasteiger partial charge on any atom is -0.380 e. The van der Waals surface area contributed by atoms with E-state index in [4.69, 9.17) is 10.00 Å². The Labute approximate surface area is 109 Å². The molecule has 2 heterocycles. The lowest BCUT2D eigenvalue weighted by Gasteiger charge is -2.19. The van der Waals surface area contributed by atoms with E-state index in [-0.39, 0.29) is 6.10 Å². The van der Waals surface area contributed by atoms with Crippen LogP contribution in [0.1, 0.15) is 12.0 Å². The van der Waals surface area contributed by atoms with Gasteiger partial charge in [-0.3, -0.25) is 0 Å². The molecule has 0 N–H and O–H groups in total. The second-order valence-corrected chi connectivity index (χ2v) is 4.98. The topological polar surface area (TPSA) is 49.1 Å². The van der Waals surface area contributed by atoms with Crippen molar-refractivity contribution in [2.45, 2.75) is 18.9 Å². The average Bonchev–Trinajstić information content (AvgIpc) is 2.78. The van der Waals surface area contributed by atoms with Crippen molar-refractivity contribution in [3.63, 3.8) is 0 Å². The molecule has 90 valence electrons. The third kappa shape index (κ3) is 2.76. The molecule has 1 atom stereocenters. The minimum atomic E-state index is 0.274. The molecule has 1 aliphatic heterocycles. The standard InChI is InChI=1S/C12H14BrN3O/c1-17-11-3-5-16(8-11)12-9(2-4-14)6-10(13)7-15-12/h6-7,11H,2-3,5,8H2,1H3/t11-/m0/s1. The van der Waals surface area contributed by atoms with Gasteiger partial charge in [0, 0.05) is 36.4 Å². The maximum Gasteiger partial charge on any atom is 0.132 e. The highest BCUT2D eigenvalue weighted by molar-refractivity contribution is 9.10. The zero-order valence-electron chi connectivity index (χ0n) is 9.69. The van der Waals surface area contributed by atoms with Gasteiger partial charge in [-0.05, 0) is 28.4 Å². The quantitative estimate of drug-likeness (QED) is 0.857. The number of hydrogen-bond acceptors (Lipinski definition) is 4. The minimum absolute atomic E-state index is 0.274. The summed E-state index contributed by atoms with van der Waals surface area (Å²) in [5.74, 6) is 0.911. The maximum absolute atomic E-state index is 8.84. The van der Waals surface area contributed by atoms with Gasteiger partial charge in [0.05, 0.1) is 18.6 Å². The molecule has 0 saturated carbocycles. The SMILES string of the molecule is CO[C@H]1CCN(c2ncc(Br)cc2CC#N)C1. The number of nitrogens with zero attached hydrogens (tertiary/aromatic N) is 3. The van der Waals surface area contributed by atoms with Crippen molar-refractivity contribution in [2.24, 2.45) is 0 Å². The Hall–Kier alpha value is -1.12. The van der Waals surface area contributed by atoms with Gasteiger partial charge in [-0.15, -0.1) is 0 Å². The van der Waals surface area contributed by atoms with Gasteiger partial charge in [0.15, 0.2) is 0 Å². The number of ether oxygens (including phenoxy) is 1. The smallest absolute Gasteiger partial charge is 0.132 e. The molecule has 0 aliphatic carbocycles. The van der Waals surface area contributed by atoms with Gasteiger partial charge in [-0.1, -0.05) is 0 Å². The Bertz CT molecular complexity index is 444. The number of methoxy groups -OCH3 is 1. The molecule has 1 aliphatic rings. The fourth-order valence-electron chi connectivity index (χ4n) is 2.09. The molecule has 1 aromatic rings. The Morgan fingerprint density at radius 2 is 2.53 bits per heavy atom. The van der Waals surface area contributed by atoms with Gasteiger partial charge in [0.2, 0.25) is 0 Å². The first kappa shape index (κ1) is 12.3. The third-order valence-corrected chi connectivity index (χ3v) is 3.39. The largest absolute Gasteiger partial charge is 0.380 e. The predicted molar refractivity (Wildman–Crippen MR) is 68.9 cm³/mol. The molecule has 1 aromatic heterocycles. The van der Waals surface area contributed by atoms with E-state index in [1.165, 1.54) is 0 Å². The zero-order valence-corrected chi connectivity index (χ0v) is 11.3. The molecule has 0 amide bonds. The molecule has 0 radical (unpaired) electrons. The van der Waals surface area contributed by atoms with Crippen LogP contribution in [-0.2, 0) is 11.2 Å². The molecule has 17 heavy (non-hydrogen) atoms. The van der Waals surface area contributed by atoms with Crippen molar-refractivity contribution in [2.75, 3.05) is 25.1 Å². The van der Waals surface area contributed by atoms with Gasteiger partial charge in [-0.25, -0.2) is 4.98 Å². The molecule has 0 spiro atoms. The van der Waals surface area contributed by atoms with Crippen LogP contribution >= 0.6 is 15.9 Å². The second-order valence-electron chi connectivity index (χ2n) is 4.06. The van der Waals surface area contributed by atoms with E-state index in [9.17, 15) is 0 Å². The number of halogens is 1. The lowest BCUT2D eigenvalue weighted by molar-refractivity contribution is 0.121. The van der Waals surface area contributed by atoms with Gasteiger partial charge in [-0.2, -0.15) is 5.26 Å². The van der Waals surface area contributed by atoms with Crippen molar-refractivity contribution in [1.82, 2.24) is 4.98 Å². The number of hydrogen-bond donors (Lipinski definition) is 0. The summed E-state index contributed by atoms with van der Waals surface area (Å²) >= 11 is 3.39. The van der Waals surface area contributed by atoms with Crippen molar-refractivity contribution in [3.8, 4) is 6.07 Å². The van der Waals surface area contributed by atoms with Gasteiger partial charge in [0.1, 0.15) is 5.82 Å². The lowest BCUT2D eigenvalue weighted by Crippen LogP contribution is -2.24. The monoisotopic (exact) mass is 295 g/mol. The molecule has 1 fully saturated rings. The van der Waals surface area contributed by atoms with E-state index in [0.29, 0.717) is 6.42 Å². The Morgan fingerprint density at radius 1 is 1.71 bits per heavy atom. The molecule has 0 unspecified atom stereocenters. The summed E-state index contributed by atoms with van der Waals surface area (Å²) < 4.78 is 6.25. The Morgan fingerprint density at radius 3 is 3.18 bits per heavy atom. The van der Waals surface area contributed by atoms with Crippen LogP contribution in [0.3, 0.4) is 0 Å². The predicted octanol–water partition coefficient (Wildman–Crippen LogP) is 2.14. The summed E-state index contributed by atoms with van der Waals surface area (Å²) in [7, 11) is 1.74. The number of anilines is 1. The zero-order chi connectivity index (χ0) is 12.3. The van der Waals surface area contributed by atoms with Crippen LogP contribution in [0.25, 0.3) is 0 Å². The van der Waals surface area contributed by atoms with Crippen LogP contribution in [0, 0.1) is 11.3 Å². The van der Waals surface area contributed by atoms with Crippen LogP contribution in [-0.4, -0.2) is 31.3 Å². The molecular weight excluding hydrogens is 282 g/mol. The van der Waals surface area contributed by atoms with E-state index in [1.807, 2.05) is 6.07 Å². The number of rotatable bonds is 3.